The van der Waals surface area contributed by atoms with E-state index < -0.39 is 10.0 Å². The van der Waals surface area contributed by atoms with Crippen LogP contribution in [-0.2, 0) is 10.0 Å². The fourth-order valence-electron chi connectivity index (χ4n) is 2.51. The van der Waals surface area contributed by atoms with Crippen molar-refractivity contribution in [2.24, 2.45) is 5.92 Å². The molecule has 21 heavy (non-hydrogen) atoms. The summed E-state index contributed by atoms with van der Waals surface area (Å²) >= 11 is 0. The first-order chi connectivity index (χ1) is 10.0. The molecule has 3 rings (SSSR count). The van der Waals surface area contributed by atoms with Gasteiger partial charge in [-0.05, 0) is 44.7 Å². The van der Waals surface area contributed by atoms with E-state index >= 15 is 0 Å². The molecule has 0 aliphatic heterocycles. The molecule has 7 heteroatoms. The lowest BCUT2D eigenvalue weighted by Gasteiger charge is -2.14. The summed E-state index contributed by atoms with van der Waals surface area (Å²) in [5, 5.41) is 3.23. The lowest BCUT2D eigenvalue weighted by atomic mass is 10.2. The predicted octanol–water partition coefficient (Wildman–Crippen LogP) is 1.84. The van der Waals surface area contributed by atoms with Crippen molar-refractivity contribution in [2.75, 3.05) is 11.9 Å². The molecule has 1 fully saturated rings. The quantitative estimate of drug-likeness (QED) is 0.854. The molecule has 1 aliphatic carbocycles. The van der Waals surface area contributed by atoms with Crippen molar-refractivity contribution in [3.8, 4) is 0 Å². The highest BCUT2D eigenvalue weighted by Crippen LogP contribution is 2.33. The SMILES string of the molecule is CCNc1nc2ccccn2c1S(=O)(=O)NC(C)C1CC1. The summed E-state index contributed by atoms with van der Waals surface area (Å²) in [5.41, 5.74) is 0.618. The fraction of sp³-hybridized carbons (Fsp3) is 0.500. The van der Waals surface area contributed by atoms with E-state index in [4.69, 9.17) is 0 Å². The Labute approximate surface area is 124 Å². The van der Waals surface area contributed by atoms with Crippen molar-refractivity contribution in [1.29, 1.82) is 0 Å². The number of anilines is 1. The minimum absolute atomic E-state index is 0.0428. The second kappa shape index (κ2) is 5.31. The van der Waals surface area contributed by atoms with Gasteiger partial charge in [-0.15, -0.1) is 0 Å². The summed E-state index contributed by atoms with van der Waals surface area (Å²) in [6.07, 6.45) is 3.91. The molecule has 1 aliphatic rings. The third-order valence-electron chi connectivity index (χ3n) is 3.76. The van der Waals surface area contributed by atoms with Gasteiger partial charge in [0.05, 0.1) is 0 Å². The number of sulfonamides is 1. The number of nitrogens with zero attached hydrogens (tertiary/aromatic N) is 2. The third-order valence-corrected chi connectivity index (χ3v) is 5.34. The van der Waals surface area contributed by atoms with Crippen LogP contribution >= 0.6 is 0 Å². The number of fused-ring (bicyclic) bond motifs is 1. The van der Waals surface area contributed by atoms with Crippen molar-refractivity contribution in [3.05, 3.63) is 24.4 Å². The van der Waals surface area contributed by atoms with Crippen LogP contribution in [0, 0.1) is 5.92 Å². The molecular weight excluding hydrogens is 288 g/mol. The van der Waals surface area contributed by atoms with Crippen LogP contribution in [0.4, 0.5) is 5.82 Å². The van der Waals surface area contributed by atoms with Gasteiger partial charge in [-0.3, -0.25) is 4.40 Å². The topological polar surface area (TPSA) is 75.5 Å². The highest BCUT2D eigenvalue weighted by atomic mass is 32.2. The molecule has 0 spiro atoms. The Morgan fingerprint density at radius 2 is 2.19 bits per heavy atom. The van der Waals surface area contributed by atoms with Gasteiger partial charge >= 0.3 is 0 Å². The maximum Gasteiger partial charge on any atom is 0.260 e. The van der Waals surface area contributed by atoms with Crippen LogP contribution in [0.3, 0.4) is 0 Å². The zero-order valence-electron chi connectivity index (χ0n) is 12.2. The largest absolute Gasteiger partial charge is 0.368 e. The number of hydrogen-bond acceptors (Lipinski definition) is 4. The molecule has 0 radical (unpaired) electrons. The van der Waals surface area contributed by atoms with Gasteiger partial charge < -0.3 is 5.32 Å². The summed E-state index contributed by atoms with van der Waals surface area (Å²) in [6, 6.07) is 5.39. The molecule has 2 aromatic heterocycles. The molecule has 2 heterocycles. The van der Waals surface area contributed by atoms with Crippen LogP contribution < -0.4 is 10.0 Å². The van der Waals surface area contributed by atoms with Crippen LogP contribution in [0.2, 0.25) is 0 Å². The third kappa shape index (κ3) is 2.75. The number of aromatic nitrogens is 2. The van der Waals surface area contributed by atoms with Gasteiger partial charge in [-0.25, -0.2) is 18.1 Å². The maximum atomic E-state index is 12.7. The van der Waals surface area contributed by atoms with E-state index in [9.17, 15) is 8.42 Å². The molecule has 0 saturated heterocycles. The van der Waals surface area contributed by atoms with E-state index in [1.54, 1.807) is 22.7 Å². The van der Waals surface area contributed by atoms with Gasteiger partial charge in [0, 0.05) is 18.8 Å². The second-order valence-electron chi connectivity index (χ2n) is 5.47. The normalized spacial score (nSPS) is 17.0. The van der Waals surface area contributed by atoms with Crippen LogP contribution in [0.25, 0.3) is 5.65 Å². The average molecular weight is 308 g/mol. The lowest BCUT2D eigenvalue weighted by Crippen LogP contribution is -2.35. The Balaban J connectivity index is 2.06. The highest BCUT2D eigenvalue weighted by Gasteiger charge is 2.33. The van der Waals surface area contributed by atoms with Gasteiger partial charge in [0.25, 0.3) is 10.0 Å². The van der Waals surface area contributed by atoms with Crippen LogP contribution in [0.5, 0.6) is 0 Å². The fourth-order valence-corrected chi connectivity index (χ4v) is 4.08. The monoisotopic (exact) mass is 308 g/mol. The molecule has 114 valence electrons. The predicted molar refractivity (Wildman–Crippen MR) is 81.9 cm³/mol. The van der Waals surface area contributed by atoms with E-state index in [2.05, 4.69) is 15.0 Å². The molecule has 0 amide bonds. The average Bonchev–Trinajstić information content (AvgIpc) is 3.20. The van der Waals surface area contributed by atoms with E-state index in [0.29, 0.717) is 23.9 Å². The standard InChI is InChI=1S/C14H20N4O2S/c1-3-15-13-14(18-9-5-4-6-12(18)16-13)21(19,20)17-10(2)11-7-8-11/h4-6,9-11,15,17H,3,7-8H2,1-2H3. The number of nitrogens with one attached hydrogen (secondary N) is 2. The minimum atomic E-state index is -3.61. The summed E-state index contributed by atoms with van der Waals surface area (Å²) in [6.45, 7) is 4.45. The Kier molecular flexibility index (Phi) is 3.62. The van der Waals surface area contributed by atoms with Crippen molar-refractivity contribution in [2.45, 2.75) is 37.8 Å². The zero-order chi connectivity index (χ0) is 15.0. The van der Waals surface area contributed by atoms with Crippen molar-refractivity contribution >= 4 is 21.5 Å². The summed E-state index contributed by atoms with van der Waals surface area (Å²) in [4.78, 5) is 4.37. The smallest absolute Gasteiger partial charge is 0.260 e. The van der Waals surface area contributed by atoms with Gasteiger partial charge in [0.15, 0.2) is 10.8 Å². The number of pyridine rings is 1. The molecule has 1 atom stereocenters. The Morgan fingerprint density at radius 3 is 2.86 bits per heavy atom. The second-order valence-corrected chi connectivity index (χ2v) is 7.10. The van der Waals surface area contributed by atoms with Gasteiger partial charge in [-0.1, -0.05) is 6.07 Å². The van der Waals surface area contributed by atoms with Crippen LogP contribution in [0.1, 0.15) is 26.7 Å². The Bertz CT molecular complexity index is 749. The molecule has 0 bridgehead atoms. The molecule has 1 unspecified atom stereocenters. The first kappa shape index (κ1) is 14.3. The minimum Gasteiger partial charge on any atom is -0.368 e. The highest BCUT2D eigenvalue weighted by molar-refractivity contribution is 7.89. The van der Waals surface area contributed by atoms with Gasteiger partial charge in [0.1, 0.15) is 5.65 Å². The van der Waals surface area contributed by atoms with Crippen LogP contribution in [-0.4, -0.2) is 30.4 Å². The Morgan fingerprint density at radius 1 is 1.43 bits per heavy atom. The van der Waals surface area contributed by atoms with Gasteiger partial charge in [-0.2, -0.15) is 0 Å². The molecular formula is C14H20N4O2S. The molecule has 6 nitrogen and oxygen atoms in total. The van der Waals surface area contributed by atoms with E-state index in [1.165, 1.54) is 0 Å². The molecule has 2 N–H and O–H groups in total. The number of hydrogen-bond donors (Lipinski definition) is 2. The summed E-state index contributed by atoms with van der Waals surface area (Å²) in [7, 11) is -3.61. The van der Waals surface area contributed by atoms with Crippen molar-refractivity contribution < 1.29 is 8.42 Å². The summed E-state index contributed by atoms with van der Waals surface area (Å²) in [5.74, 6) is 0.862. The maximum absolute atomic E-state index is 12.7. The number of rotatable bonds is 6. The van der Waals surface area contributed by atoms with Crippen molar-refractivity contribution in [1.82, 2.24) is 14.1 Å². The van der Waals surface area contributed by atoms with Crippen molar-refractivity contribution in [3.63, 3.8) is 0 Å². The van der Waals surface area contributed by atoms with E-state index in [0.717, 1.165) is 12.8 Å². The lowest BCUT2D eigenvalue weighted by molar-refractivity contribution is 0.535. The van der Waals surface area contributed by atoms with Crippen LogP contribution in [0.15, 0.2) is 29.4 Å². The first-order valence-corrected chi connectivity index (χ1v) is 8.74. The van der Waals surface area contributed by atoms with E-state index in [1.807, 2.05) is 19.9 Å². The van der Waals surface area contributed by atoms with E-state index in [-0.39, 0.29) is 11.1 Å². The molecule has 0 aromatic carbocycles. The number of imidazole rings is 1. The Hall–Kier alpha value is -1.60. The first-order valence-electron chi connectivity index (χ1n) is 7.26. The molecule has 2 aromatic rings. The summed E-state index contributed by atoms with van der Waals surface area (Å²) < 4.78 is 29.9. The molecule has 1 saturated carbocycles. The zero-order valence-corrected chi connectivity index (χ0v) is 13.0. The van der Waals surface area contributed by atoms with Gasteiger partial charge in [0.2, 0.25) is 0 Å².